The Kier molecular flexibility index (Phi) is 11.1. The topological polar surface area (TPSA) is 57.2 Å². The molecule has 0 aliphatic carbocycles. The summed E-state index contributed by atoms with van der Waals surface area (Å²) in [5, 5.41) is -7.95. The maximum absolute atomic E-state index is 13.0. The number of hydrogen-bond acceptors (Lipinski definition) is 3. The molecule has 3 nitrogen and oxygen atoms in total. The molecule has 22 heteroatoms. The number of hydrogen-bond donors (Lipinski definition) is 0. The standard InChI is InChI=1S/C14H14I.C8HF17O3S/c1-11-3-7-13(8-4-11)15-14-9-5-12(2)6-10-14;9-1(10,3(13,14)5(17,18)7(21,22)23)2(11,12)4(15,16)6(19,20)8(24,25)29(26,27)28/h3-10H,1-2H3;(H,26,27,28)/q+1;/p-1. The second-order valence-corrected chi connectivity index (χ2v) is 13.1. The Morgan fingerprint density at radius 3 is 0.977 bits per heavy atom. The average molecular weight is 808 g/mol. The molecule has 0 aliphatic rings. The Morgan fingerprint density at radius 2 is 0.727 bits per heavy atom. The Labute approximate surface area is 246 Å². The summed E-state index contributed by atoms with van der Waals surface area (Å²) in [6.45, 7) is 4.27. The van der Waals surface area contributed by atoms with E-state index in [-0.39, 0.29) is 21.2 Å². The molecule has 0 aliphatic heterocycles. The van der Waals surface area contributed by atoms with Gasteiger partial charge in [-0.1, -0.05) is 35.4 Å². The highest BCUT2D eigenvalue weighted by Crippen LogP contribution is 2.64. The van der Waals surface area contributed by atoms with Gasteiger partial charge in [0, 0.05) is 0 Å². The quantitative estimate of drug-likeness (QED) is 0.206. The number of benzene rings is 2. The number of rotatable bonds is 9. The van der Waals surface area contributed by atoms with Gasteiger partial charge in [-0.25, -0.2) is 8.42 Å². The molecule has 0 unspecified atom stereocenters. The average Bonchev–Trinajstić information content (AvgIpc) is 2.85. The molecule has 252 valence electrons. The lowest BCUT2D eigenvalue weighted by Crippen LogP contribution is -3.61. The van der Waals surface area contributed by atoms with Crippen LogP contribution in [-0.4, -0.2) is 59.9 Å². The fourth-order valence-corrected chi connectivity index (χ4v) is 5.22. The van der Waals surface area contributed by atoms with Crippen LogP contribution in [0.25, 0.3) is 0 Å². The minimum atomic E-state index is -8.92. The van der Waals surface area contributed by atoms with E-state index in [1.165, 1.54) is 18.3 Å². The van der Waals surface area contributed by atoms with Crippen molar-refractivity contribution in [2.45, 2.75) is 60.8 Å². The molecule has 0 heterocycles. The van der Waals surface area contributed by atoms with Crippen molar-refractivity contribution >= 4 is 10.1 Å². The molecule has 44 heavy (non-hydrogen) atoms. The van der Waals surface area contributed by atoms with Gasteiger partial charge in [0.05, 0.1) is 0 Å². The zero-order valence-corrected chi connectivity index (χ0v) is 24.0. The van der Waals surface area contributed by atoms with E-state index in [4.69, 9.17) is 0 Å². The Bertz CT molecular complexity index is 1340. The molecule has 0 N–H and O–H groups in total. The summed E-state index contributed by atoms with van der Waals surface area (Å²) >= 11 is 0.00313. The summed E-state index contributed by atoms with van der Waals surface area (Å²) < 4.78 is 247. The smallest absolute Gasteiger partial charge is 0.460 e. The molecule has 2 aromatic carbocycles. The summed E-state index contributed by atoms with van der Waals surface area (Å²) in [6, 6.07) is 17.8. The van der Waals surface area contributed by atoms with E-state index < -0.39 is 57.1 Å². The van der Waals surface area contributed by atoms with E-state index in [1.54, 1.807) is 0 Å². The third-order valence-corrected chi connectivity index (χ3v) is 8.82. The maximum atomic E-state index is 13.0. The van der Waals surface area contributed by atoms with Crippen molar-refractivity contribution in [1.82, 2.24) is 0 Å². The predicted octanol–water partition coefficient (Wildman–Crippen LogP) is 4.93. The molecular weight excluding hydrogens is 794 g/mol. The lowest BCUT2D eigenvalue weighted by Gasteiger charge is -2.42. The van der Waals surface area contributed by atoms with Crippen LogP contribution >= 0.6 is 0 Å². The van der Waals surface area contributed by atoms with Gasteiger partial charge in [-0.2, -0.15) is 74.6 Å². The van der Waals surface area contributed by atoms with Crippen LogP contribution in [0, 0.1) is 21.0 Å². The molecule has 0 saturated heterocycles. The van der Waals surface area contributed by atoms with E-state index in [0.29, 0.717) is 0 Å². The van der Waals surface area contributed by atoms with Gasteiger partial charge in [-0.05, 0) is 38.1 Å². The van der Waals surface area contributed by atoms with Crippen molar-refractivity contribution in [3.63, 3.8) is 0 Å². The van der Waals surface area contributed by atoms with Crippen LogP contribution < -0.4 is 21.2 Å². The van der Waals surface area contributed by atoms with Crippen molar-refractivity contribution in [3.8, 4) is 0 Å². The second kappa shape index (κ2) is 12.2. The van der Waals surface area contributed by atoms with E-state index >= 15 is 0 Å². The molecular formula is C22H14F17IO3S. The molecule has 0 radical (unpaired) electrons. The van der Waals surface area contributed by atoms with Gasteiger partial charge in [0.2, 0.25) is 0 Å². The monoisotopic (exact) mass is 808 g/mol. The van der Waals surface area contributed by atoms with Gasteiger partial charge in [0.1, 0.15) is 0 Å². The number of aryl methyl sites for hydroxylation is 2. The third-order valence-electron chi connectivity index (χ3n) is 5.25. The summed E-state index contributed by atoms with van der Waals surface area (Å²) in [6.07, 6.45) is -7.89. The van der Waals surface area contributed by atoms with Crippen LogP contribution in [0.1, 0.15) is 11.1 Å². The predicted molar refractivity (Wildman–Crippen MR) is 110 cm³/mol. The van der Waals surface area contributed by atoms with E-state index in [1.807, 2.05) is 0 Å². The highest BCUT2D eigenvalue weighted by Gasteiger charge is 2.95. The van der Waals surface area contributed by atoms with Crippen molar-refractivity contribution in [3.05, 3.63) is 66.8 Å². The minimum Gasteiger partial charge on any atom is -0.743 e. The summed E-state index contributed by atoms with van der Waals surface area (Å²) in [5.74, 6) is -52.1. The Hall–Kier alpha value is -2.11. The molecule has 2 aromatic rings. The van der Waals surface area contributed by atoms with Gasteiger partial charge in [-0.3, -0.25) is 0 Å². The Morgan fingerprint density at radius 1 is 0.477 bits per heavy atom. The molecule has 0 bridgehead atoms. The first-order valence-corrected chi connectivity index (χ1v) is 14.3. The first-order valence-electron chi connectivity index (χ1n) is 10.7. The molecule has 0 saturated carbocycles. The fraction of sp³-hybridized carbons (Fsp3) is 0.455. The van der Waals surface area contributed by atoms with Crippen molar-refractivity contribution < 1.29 is 109 Å². The van der Waals surface area contributed by atoms with Gasteiger partial charge >= 0.3 is 68.2 Å². The van der Waals surface area contributed by atoms with Crippen LogP contribution in [0.2, 0.25) is 0 Å². The van der Waals surface area contributed by atoms with Gasteiger partial charge in [-0.15, -0.1) is 0 Å². The molecule has 2 rings (SSSR count). The van der Waals surface area contributed by atoms with Gasteiger partial charge in [0.15, 0.2) is 17.3 Å². The maximum Gasteiger partial charge on any atom is 0.460 e. The molecule has 0 atom stereocenters. The lowest BCUT2D eigenvalue weighted by atomic mass is 9.91. The highest BCUT2D eigenvalue weighted by molar-refractivity contribution is 7.86. The van der Waals surface area contributed by atoms with Crippen LogP contribution in [-0.2, 0) is 10.1 Å². The summed E-state index contributed by atoms with van der Waals surface area (Å²) in [5.41, 5.74) is 2.68. The third kappa shape index (κ3) is 6.84. The van der Waals surface area contributed by atoms with Crippen LogP contribution in [0.4, 0.5) is 74.6 Å². The van der Waals surface area contributed by atoms with Crippen molar-refractivity contribution in [2.75, 3.05) is 0 Å². The van der Waals surface area contributed by atoms with Crippen molar-refractivity contribution in [1.29, 1.82) is 0 Å². The summed E-state index contributed by atoms with van der Waals surface area (Å²) in [7, 11) is -8.14. The fourth-order valence-electron chi connectivity index (χ4n) is 2.62. The largest absolute Gasteiger partial charge is 0.743 e. The molecule has 0 fully saturated rings. The van der Waals surface area contributed by atoms with Crippen LogP contribution in [0.3, 0.4) is 0 Å². The van der Waals surface area contributed by atoms with E-state index in [0.717, 1.165) is 0 Å². The first-order chi connectivity index (χ1) is 19.2. The second-order valence-electron chi connectivity index (χ2n) is 8.60. The normalized spacial score (nSPS) is 14.6. The summed E-state index contributed by atoms with van der Waals surface area (Å²) in [4.78, 5) is 0. The van der Waals surface area contributed by atoms with Crippen LogP contribution in [0.5, 0.6) is 0 Å². The first kappa shape index (κ1) is 39.9. The van der Waals surface area contributed by atoms with E-state index in [9.17, 15) is 87.6 Å². The van der Waals surface area contributed by atoms with Gasteiger partial charge in [0.25, 0.3) is 0 Å². The number of alkyl halides is 17. The van der Waals surface area contributed by atoms with Crippen molar-refractivity contribution in [2.24, 2.45) is 0 Å². The molecule has 0 spiro atoms. The lowest BCUT2D eigenvalue weighted by molar-refractivity contribution is -0.597. The highest BCUT2D eigenvalue weighted by atomic mass is 127. The minimum absolute atomic E-state index is 0.00313. The molecule has 0 aromatic heterocycles. The van der Waals surface area contributed by atoms with E-state index in [2.05, 4.69) is 62.4 Å². The molecule has 0 amide bonds. The van der Waals surface area contributed by atoms with Crippen LogP contribution in [0.15, 0.2) is 48.5 Å². The SMILES string of the molecule is Cc1ccc([I+]c2ccc(C)cc2)cc1.O=S(=O)([O-])C(F)(F)C(F)(F)C(F)(F)C(F)(F)C(F)(F)C(F)(F)C(F)(F)C(F)(F)F. The Balaban J connectivity index is 0.000000532. The zero-order chi connectivity index (χ0) is 35.2. The van der Waals surface area contributed by atoms with Gasteiger partial charge < -0.3 is 4.55 Å². The number of halogens is 18. The zero-order valence-electron chi connectivity index (χ0n) is 21.1.